The molecule has 4 heteroatoms. The first kappa shape index (κ1) is 14.9. The molecule has 0 aromatic carbocycles. The van der Waals surface area contributed by atoms with E-state index in [0.29, 0.717) is 11.6 Å². The first-order chi connectivity index (χ1) is 8.63. The molecule has 0 radical (unpaired) electrons. The Balaban J connectivity index is 2.61. The van der Waals surface area contributed by atoms with Crippen molar-refractivity contribution in [1.82, 2.24) is 9.78 Å². The third kappa shape index (κ3) is 3.65. The Bertz CT molecular complexity index is 360. The van der Waals surface area contributed by atoms with Crippen LogP contribution >= 0.6 is 0 Å². The zero-order valence-electron chi connectivity index (χ0n) is 12.2. The van der Waals surface area contributed by atoms with Gasteiger partial charge in [0.05, 0.1) is 12.3 Å². The van der Waals surface area contributed by atoms with Crippen LogP contribution in [0.1, 0.15) is 52.1 Å². The molecular weight excluding hydrogens is 226 g/mol. The van der Waals surface area contributed by atoms with Crippen LogP contribution in [0.3, 0.4) is 0 Å². The number of unbranched alkanes of at least 4 members (excludes halogenated alkanes) is 1. The number of nitrogens with zero attached hydrogens (tertiary/aromatic N) is 2. The van der Waals surface area contributed by atoms with Gasteiger partial charge in [-0.05, 0) is 26.2 Å². The molecule has 0 amide bonds. The summed E-state index contributed by atoms with van der Waals surface area (Å²) in [5, 5.41) is 4.36. The first-order valence-electron chi connectivity index (χ1n) is 7.09. The van der Waals surface area contributed by atoms with Gasteiger partial charge >= 0.3 is 0 Å². The van der Waals surface area contributed by atoms with Gasteiger partial charge in [-0.1, -0.05) is 33.1 Å². The molecule has 104 valence electrons. The topological polar surface area (TPSA) is 53.1 Å². The molecule has 0 saturated heterocycles. The maximum atomic E-state index is 6.00. The number of aryl methyl sites for hydroxylation is 2. The predicted octanol–water partition coefficient (Wildman–Crippen LogP) is 3.39. The van der Waals surface area contributed by atoms with Crippen LogP contribution in [0.4, 0.5) is 5.69 Å². The molecule has 1 aromatic heterocycles. The average Bonchev–Trinajstić information content (AvgIpc) is 2.66. The van der Waals surface area contributed by atoms with Crippen molar-refractivity contribution in [3.8, 4) is 5.88 Å². The molecule has 0 aliphatic heterocycles. The van der Waals surface area contributed by atoms with E-state index in [-0.39, 0.29) is 0 Å². The lowest BCUT2D eigenvalue weighted by atomic mass is 10.0. The quantitative estimate of drug-likeness (QED) is 0.772. The molecule has 0 aliphatic carbocycles. The molecule has 1 aromatic rings. The number of nitrogen functional groups attached to an aromatic ring is 1. The van der Waals surface area contributed by atoms with E-state index in [4.69, 9.17) is 10.5 Å². The normalized spacial score (nSPS) is 12.7. The predicted molar refractivity (Wildman–Crippen MR) is 75.9 cm³/mol. The SMILES string of the molecule is CCCCC(CC)COc1c(N)c(C)nn1CC. The summed E-state index contributed by atoms with van der Waals surface area (Å²) in [5.41, 5.74) is 7.54. The van der Waals surface area contributed by atoms with Gasteiger partial charge in [-0.3, -0.25) is 0 Å². The number of hydrogen-bond donors (Lipinski definition) is 1. The molecule has 0 spiro atoms. The van der Waals surface area contributed by atoms with Crippen LogP contribution in [0.15, 0.2) is 0 Å². The Morgan fingerprint density at radius 2 is 2.06 bits per heavy atom. The van der Waals surface area contributed by atoms with E-state index in [2.05, 4.69) is 18.9 Å². The smallest absolute Gasteiger partial charge is 0.236 e. The van der Waals surface area contributed by atoms with Gasteiger partial charge < -0.3 is 10.5 Å². The lowest BCUT2D eigenvalue weighted by molar-refractivity contribution is 0.216. The van der Waals surface area contributed by atoms with Gasteiger partial charge in [0.1, 0.15) is 5.69 Å². The molecule has 1 atom stereocenters. The van der Waals surface area contributed by atoms with Crippen LogP contribution in [0.5, 0.6) is 5.88 Å². The highest BCUT2D eigenvalue weighted by molar-refractivity contribution is 5.52. The van der Waals surface area contributed by atoms with Crippen molar-refractivity contribution in [3.63, 3.8) is 0 Å². The Morgan fingerprint density at radius 1 is 1.33 bits per heavy atom. The number of anilines is 1. The third-order valence-corrected chi connectivity index (χ3v) is 3.42. The Hall–Kier alpha value is -1.19. The molecule has 1 heterocycles. The van der Waals surface area contributed by atoms with Crippen molar-refractivity contribution < 1.29 is 4.74 Å². The van der Waals surface area contributed by atoms with Gasteiger partial charge in [0, 0.05) is 6.54 Å². The van der Waals surface area contributed by atoms with E-state index in [1.165, 1.54) is 19.3 Å². The van der Waals surface area contributed by atoms with E-state index >= 15 is 0 Å². The van der Waals surface area contributed by atoms with E-state index in [9.17, 15) is 0 Å². The zero-order chi connectivity index (χ0) is 13.5. The minimum absolute atomic E-state index is 0.616. The monoisotopic (exact) mass is 253 g/mol. The molecule has 0 bridgehead atoms. The van der Waals surface area contributed by atoms with Gasteiger partial charge in [-0.25, -0.2) is 4.68 Å². The second kappa shape index (κ2) is 7.29. The van der Waals surface area contributed by atoms with Crippen LogP contribution in [-0.2, 0) is 6.54 Å². The molecule has 4 nitrogen and oxygen atoms in total. The lowest BCUT2D eigenvalue weighted by Crippen LogP contribution is -2.14. The summed E-state index contributed by atoms with van der Waals surface area (Å²) >= 11 is 0. The molecule has 1 unspecified atom stereocenters. The minimum Gasteiger partial charge on any atom is -0.476 e. The van der Waals surface area contributed by atoms with Gasteiger partial charge in [-0.2, -0.15) is 5.10 Å². The standard InChI is InChI=1S/C14H27N3O/c1-5-8-9-12(6-2)10-18-14-13(15)11(4)16-17(14)7-3/h12H,5-10,15H2,1-4H3. The first-order valence-corrected chi connectivity index (χ1v) is 7.09. The van der Waals surface area contributed by atoms with Crippen molar-refractivity contribution >= 4 is 5.69 Å². The summed E-state index contributed by atoms with van der Waals surface area (Å²) in [6.45, 7) is 9.94. The van der Waals surface area contributed by atoms with E-state index in [1.807, 2.05) is 18.5 Å². The molecule has 0 aliphatic rings. The fraction of sp³-hybridized carbons (Fsp3) is 0.786. The van der Waals surface area contributed by atoms with Gasteiger partial charge in [0.15, 0.2) is 0 Å². The summed E-state index contributed by atoms with van der Waals surface area (Å²) < 4.78 is 7.75. The maximum Gasteiger partial charge on any atom is 0.236 e. The summed E-state index contributed by atoms with van der Waals surface area (Å²) in [6.07, 6.45) is 4.89. The Kier molecular flexibility index (Phi) is 6.02. The number of nitrogens with two attached hydrogens (primary N) is 1. The highest BCUT2D eigenvalue weighted by Crippen LogP contribution is 2.26. The number of ether oxygens (including phenoxy) is 1. The molecule has 2 N–H and O–H groups in total. The summed E-state index contributed by atoms with van der Waals surface area (Å²) in [7, 11) is 0. The molecule has 0 saturated carbocycles. The van der Waals surface area contributed by atoms with E-state index in [0.717, 1.165) is 31.1 Å². The number of rotatable bonds is 8. The largest absolute Gasteiger partial charge is 0.476 e. The number of hydrogen-bond acceptors (Lipinski definition) is 3. The van der Waals surface area contributed by atoms with Gasteiger partial charge in [-0.15, -0.1) is 0 Å². The Morgan fingerprint density at radius 3 is 2.61 bits per heavy atom. The molecule has 0 fully saturated rings. The zero-order valence-corrected chi connectivity index (χ0v) is 12.2. The summed E-state index contributed by atoms with van der Waals surface area (Å²) in [6, 6.07) is 0. The number of aromatic nitrogens is 2. The third-order valence-electron chi connectivity index (χ3n) is 3.42. The lowest BCUT2D eigenvalue weighted by Gasteiger charge is -2.16. The van der Waals surface area contributed by atoms with Crippen LogP contribution in [-0.4, -0.2) is 16.4 Å². The average molecular weight is 253 g/mol. The van der Waals surface area contributed by atoms with Crippen molar-refractivity contribution in [3.05, 3.63) is 5.69 Å². The van der Waals surface area contributed by atoms with Gasteiger partial charge in [0.2, 0.25) is 5.88 Å². The van der Waals surface area contributed by atoms with Crippen LogP contribution in [0.25, 0.3) is 0 Å². The van der Waals surface area contributed by atoms with Crippen molar-refractivity contribution in [1.29, 1.82) is 0 Å². The second-order valence-electron chi connectivity index (χ2n) is 4.85. The summed E-state index contributed by atoms with van der Waals surface area (Å²) in [4.78, 5) is 0. The molecule has 1 rings (SSSR count). The van der Waals surface area contributed by atoms with E-state index in [1.54, 1.807) is 0 Å². The fourth-order valence-electron chi connectivity index (χ4n) is 2.04. The highest BCUT2D eigenvalue weighted by Gasteiger charge is 2.15. The van der Waals surface area contributed by atoms with Crippen LogP contribution < -0.4 is 10.5 Å². The van der Waals surface area contributed by atoms with E-state index < -0.39 is 0 Å². The van der Waals surface area contributed by atoms with Crippen LogP contribution in [0.2, 0.25) is 0 Å². The highest BCUT2D eigenvalue weighted by atomic mass is 16.5. The fourth-order valence-corrected chi connectivity index (χ4v) is 2.04. The van der Waals surface area contributed by atoms with Crippen molar-refractivity contribution in [2.24, 2.45) is 5.92 Å². The molecular formula is C14H27N3O. The second-order valence-corrected chi connectivity index (χ2v) is 4.85. The van der Waals surface area contributed by atoms with Crippen molar-refractivity contribution in [2.75, 3.05) is 12.3 Å². The van der Waals surface area contributed by atoms with Crippen LogP contribution in [0, 0.1) is 12.8 Å². The summed E-state index contributed by atoms with van der Waals surface area (Å²) in [5.74, 6) is 1.36. The van der Waals surface area contributed by atoms with Crippen molar-refractivity contribution in [2.45, 2.75) is 59.9 Å². The molecule has 18 heavy (non-hydrogen) atoms. The maximum absolute atomic E-state index is 6.00. The Labute approximate surface area is 111 Å². The minimum atomic E-state index is 0.616. The van der Waals surface area contributed by atoms with Gasteiger partial charge in [0.25, 0.3) is 0 Å².